The number of amides is 7. The molecule has 3 saturated heterocycles. The topological polar surface area (TPSA) is 355 Å². The van der Waals surface area contributed by atoms with E-state index in [1.165, 1.54) is 56.9 Å². The lowest BCUT2D eigenvalue weighted by atomic mass is 10.00. The van der Waals surface area contributed by atoms with Crippen LogP contribution >= 0.6 is 0 Å². The first-order valence-corrected chi connectivity index (χ1v) is 27.3. The van der Waals surface area contributed by atoms with E-state index in [4.69, 9.17) is 10.5 Å². The molecule has 14 N–H and O–H groups in total. The first kappa shape index (κ1) is 61.5. The van der Waals surface area contributed by atoms with Gasteiger partial charge in [-0.15, -0.1) is 0 Å². The lowest BCUT2D eigenvalue weighted by molar-refractivity contribution is -0.146. The zero-order chi connectivity index (χ0) is 57.3. The van der Waals surface area contributed by atoms with E-state index < -0.39 is 127 Å². The highest BCUT2D eigenvalue weighted by molar-refractivity contribution is 6.00. The lowest BCUT2D eigenvalue weighted by Crippen LogP contribution is -2.63. The van der Waals surface area contributed by atoms with Crippen molar-refractivity contribution in [1.29, 1.82) is 0 Å². The average Bonchev–Trinajstić information content (AvgIpc) is 4.03. The number of phenolic OH excluding ortho intramolecular Hbond substituents is 1. The van der Waals surface area contributed by atoms with Gasteiger partial charge in [0.2, 0.25) is 35.4 Å². The molecular weight excluding hydrogens is 1020 g/mol. The van der Waals surface area contributed by atoms with E-state index in [-0.39, 0.29) is 56.8 Å². The van der Waals surface area contributed by atoms with Crippen molar-refractivity contribution in [3.05, 3.63) is 83.9 Å². The fourth-order valence-electron chi connectivity index (χ4n) is 10.1. The summed E-state index contributed by atoms with van der Waals surface area (Å²) >= 11 is 0. The first-order chi connectivity index (χ1) is 37.8. The smallest absolute Gasteiger partial charge is 0.251 e. The highest BCUT2D eigenvalue weighted by Gasteiger charge is 2.48. The molecule has 0 aliphatic carbocycles. The summed E-state index contributed by atoms with van der Waals surface area (Å²) in [6, 6.07) is 8.73. The third-order valence-electron chi connectivity index (χ3n) is 14.7. The Balaban J connectivity index is 1.30. The van der Waals surface area contributed by atoms with E-state index in [0.29, 0.717) is 12.2 Å². The molecule has 3 aliphatic rings. The van der Waals surface area contributed by atoms with Gasteiger partial charge in [0, 0.05) is 63.1 Å². The van der Waals surface area contributed by atoms with Crippen LogP contribution in [0.4, 0.5) is 0 Å². The summed E-state index contributed by atoms with van der Waals surface area (Å²) < 4.78 is 5.94. The largest absolute Gasteiger partial charge is 0.508 e. The van der Waals surface area contributed by atoms with Crippen LogP contribution in [0, 0.1) is 5.92 Å². The lowest BCUT2D eigenvalue weighted by Gasteiger charge is -2.32. The van der Waals surface area contributed by atoms with Crippen LogP contribution in [0.15, 0.2) is 72.8 Å². The van der Waals surface area contributed by atoms with Gasteiger partial charge in [0.15, 0.2) is 0 Å². The summed E-state index contributed by atoms with van der Waals surface area (Å²) in [5.41, 5.74) is 8.06. The summed E-state index contributed by atoms with van der Waals surface area (Å²) in [6.07, 6.45) is -0.254. The zero-order valence-electron chi connectivity index (χ0n) is 45.1. The average molecular weight is 1100 g/mol. The molecule has 2 unspecified atom stereocenters. The van der Waals surface area contributed by atoms with Crippen molar-refractivity contribution in [2.45, 2.75) is 145 Å². The van der Waals surface area contributed by atoms with E-state index in [2.05, 4.69) is 38.8 Å². The second kappa shape index (κ2) is 29.5. The van der Waals surface area contributed by atoms with Crippen LogP contribution in [-0.2, 0) is 35.2 Å². The van der Waals surface area contributed by atoms with Crippen LogP contribution in [-0.4, -0.2) is 194 Å². The highest BCUT2D eigenvalue weighted by atomic mass is 16.5. The minimum atomic E-state index is -1.91. The molecule has 432 valence electrons. The number of aliphatic hydroxyl groups excluding tert-OH is 5. The number of ether oxygens (including phenoxy) is 1. The summed E-state index contributed by atoms with van der Waals surface area (Å²) in [6.45, 7) is 3.85. The van der Waals surface area contributed by atoms with Crippen molar-refractivity contribution in [2.24, 2.45) is 11.7 Å². The minimum Gasteiger partial charge on any atom is -0.508 e. The quantitative estimate of drug-likeness (QED) is 0.0636. The van der Waals surface area contributed by atoms with Gasteiger partial charge in [-0.1, -0.05) is 82.3 Å². The number of nitrogens with zero attached hydrogens (tertiary/aromatic N) is 2. The van der Waals surface area contributed by atoms with Crippen LogP contribution in [0.1, 0.15) is 88.1 Å². The van der Waals surface area contributed by atoms with Crippen molar-refractivity contribution in [3.63, 3.8) is 0 Å². The van der Waals surface area contributed by atoms with Gasteiger partial charge in [-0.2, -0.15) is 0 Å². The first-order valence-electron chi connectivity index (χ1n) is 27.3. The second-order valence-corrected chi connectivity index (χ2v) is 20.9. The molecule has 3 aromatic rings. The number of carbonyl (C=O) groups excluding carboxylic acids is 7. The molecule has 7 amide bonds. The maximum Gasteiger partial charge on any atom is 0.251 e. The Morgan fingerprint density at radius 3 is 2.06 bits per heavy atom. The third kappa shape index (κ3) is 16.7. The normalized spacial score (nSPS) is 26.4. The van der Waals surface area contributed by atoms with Gasteiger partial charge in [0.05, 0.1) is 37.6 Å². The van der Waals surface area contributed by atoms with E-state index in [1.807, 2.05) is 24.3 Å². The SMILES string of the molecule is CCCCCCCCOc1ccc(-c2ccc(C(=O)NC3CC(NCCN)CNC(=O)[C@@H]4[C@@H](O)[C@@H](C)CN4C(=O)[C@H](CO)NC(=O)[C@H]([C@H](O)Cc4ccc(O)cc4)NC(=O)[C@@H]4C[C@@H](O)CN4C(=O)[C@H]([C@@H](C)O)NC3=O)cc2)cc1. The summed E-state index contributed by atoms with van der Waals surface area (Å²) in [4.78, 5) is 102. The standard InChI is InChI=1S/C56H79N9O14/c1-4-5-6-7-8-9-24-79-41-20-16-36(17-21-41)35-12-14-37(15-13-35)50(72)60-42-26-38(58-23-22-57)28-59-54(76)48-49(71)32(2)29-65(48)55(77)43(31-66)61-53(75)47(45(70)25-34-10-18-39(68)19-11-34)63-52(74)44-27-40(69)30-64(44)56(78)46(33(3)67)62-51(42)73/h10-21,32-33,38,40,42-49,58,66-71H,4-9,22-31,57H2,1-3H3,(H,59,76)(H,60,72)(H,61,75)(H,62,73)(H,63,74)/t32-,33+,38?,40+,42?,43-,44-,45+,46-,47-,48-,49-/m0/s1. The zero-order valence-corrected chi connectivity index (χ0v) is 45.1. The third-order valence-corrected chi connectivity index (χ3v) is 14.7. The van der Waals surface area contributed by atoms with Crippen molar-refractivity contribution in [2.75, 3.05) is 45.9 Å². The highest BCUT2D eigenvalue weighted by Crippen LogP contribution is 2.27. The number of carbonyl (C=O) groups is 7. The number of fused-ring (bicyclic) bond motifs is 2. The molecule has 6 rings (SSSR count). The Morgan fingerprint density at radius 2 is 1.42 bits per heavy atom. The molecular formula is C56H79N9O14. The molecule has 0 bridgehead atoms. The molecule has 0 aromatic heterocycles. The number of nitrogens with one attached hydrogen (secondary N) is 6. The Kier molecular flexibility index (Phi) is 22.9. The van der Waals surface area contributed by atoms with E-state index in [9.17, 15) is 64.2 Å². The number of unbranched alkanes of at least 4 members (excludes halogenated alkanes) is 5. The maximum atomic E-state index is 14.6. The van der Waals surface area contributed by atoms with Gasteiger partial charge in [0.25, 0.3) is 5.91 Å². The minimum absolute atomic E-state index is 0.0914. The number of benzene rings is 3. The van der Waals surface area contributed by atoms with Crippen LogP contribution in [0.5, 0.6) is 11.5 Å². The summed E-state index contributed by atoms with van der Waals surface area (Å²) in [7, 11) is 0. The van der Waals surface area contributed by atoms with Gasteiger partial charge in [-0.25, -0.2) is 0 Å². The molecule has 23 heteroatoms. The second-order valence-electron chi connectivity index (χ2n) is 20.9. The van der Waals surface area contributed by atoms with Crippen LogP contribution < -0.4 is 42.4 Å². The van der Waals surface area contributed by atoms with Gasteiger partial charge in [0.1, 0.15) is 47.8 Å². The predicted octanol–water partition coefficient (Wildman–Crippen LogP) is -1.07. The molecule has 0 radical (unpaired) electrons. The molecule has 3 aliphatic heterocycles. The Bertz CT molecular complexity index is 2520. The van der Waals surface area contributed by atoms with Crippen molar-refractivity contribution >= 4 is 41.4 Å². The van der Waals surface area contributed by atoms with Crippen LogP contribution in [0.2, 0.25) is 0 Å². The van der Waals surface area contributed by atoms with Gasteiger partial charge < -0.3 is 82.8 Å². The van der Waals surface area contributed by atoms with Gasteiger partial charge in [-0.3, -0.25) is 33.6 Å². The number of nitrogens with two attached hydrogens (primary N) is 1. The van der Waals surface area contributed by atoms with Gasteiger partial charge >= 0.3 is 0 Å². The molecule has 3 heterocycles. The molecule has 79 heavy (non-hydrogen) atoms. The number of hydrogen-bond donors (Lipinski definition) is 13. The fraction of sp³-hybridized carbons (Fsp3) is 0.554. The van der Waals surface area contributed by atoms with E-state index >= 15 is 0 Å². The summed E-state index contributed by atoms with van der Waals surface area (Å²) in [5, 5.41) is 81.4. The van der Waals surface area contributed by atoms with E-state index in [1.54, 1.807) is 31.2 Å². The van der Waals surface area contributed by atoms with Crippen molar-refractivity contribution < 1.29 is 68.9 Å². The fourth-order valence-corrected chi connectivity index (χ4v) is 10.1. The molecule has 0 saturated carbocycles. The number of phenols is 1. The summed E-state index contributed by atoms with van der Waals surface area (Å²) in [5.74, 6) is -6.84. The number of rotatable bonds is 19. The predicted molar refractivity (Wildman–Crippen MR) is 290 cm³/mol. The molecule has 23 nitrogen and oxygen atoms in total. The Labute approximate surface area is 460 Å². The number of hydrogen-bond acceptors (Lipinski definition) is 16. The monoisotopic (exact) mass is 1100 g/mol. The van der Waals surface area contributed by atoms with Crippen molar-refractivity contribution in [1.82, 2.24) is 41.7 Å². The molecule has 3 fully saturated rings. The van der Waals surface area contributed by atoms with Crippen LogP contribution in [0.3, 0.4) is 0 Å². The Hall–Kier alpha value is -6.73. The molecule has 0 spiro atoms. The molecule has 12 atom stereocenters. The number of aliphatic hydroxyl groups is 5. The van der Waals surface area contributed by atoms with Gasteiger partial charge in [-0.05, 0) is 72.9 Å². The Morgan fingerprint density at radius 1 is 0.772 bits per heavy atom. The van der Waals surface area contributed by atoms with Crippen molar-refractivity contribution in [3.8, 4) is 22.6 Å². The van der Waals surface area contributed by atoms with E-state index in [0.717, 1.165) is 39.5 Å². The number of aromatic hydroxyl groups is 1. The molecule has 3 aromatic carbocycles. The maximum absolute atomic E-state index is 14.6. The van der Waals surface area contributed by atoms with Crippen LogP contribution in [0.25, 0.3) is 11.1 Å².